The van der Waals surface area contributed by atoms with Crippen molar-refractivity contribution in [2.24, 2.45) is 0 Å². The number of amides is 1. The van der Waals surface area contributed by atoms with Crippen LogP contribution in [0.1, 0.15) is 245 Å². The molecular weight excluding hydrogens is 1010 g/mol. The molecule has 10 heteroatoms. The second-order valence-electron chi connectivity index (χ2n) is 22.3. The van der Waals surface area contributed by atoms with Crippen molar-refractivity contribution in [3.8, 4) is 0 Å². The third kappa shape index (κ3) is 58.8. The van der Waals surface area contributed by atoms with Crippen LogP contribution in [0.3, 0.4) is 0 Å². The largest absolute Gasteiger partial charge is 0.756 e. The lowest BCUT2D eigenvalue weighted by Crippen LogP contribution is -2.47. The van der Waals surface area contributed by atoms with Crippen molar-refractivity contribution in [2.75, 3.05) is 40.9 Å². The maximum atomic E-state index is 13.6. The van der Waals surface area contributed by atoms with Crippen molar-refractivity contribution < 1.29 is 37.3 Å². The Bertz CT molecular complexity index is 1830. The molecule has 0 rings (SSSR count). The van der Waals surface area contributed by atoms with Crippen LogP contribution in [0.15, 0.2) is 134 Å². The van der Waals surface area contributed by atoms with Crippen LogP contribution in [0.4, 0.5) is 0 Å². The monoisotopic (exact) mass is 1130 g/mol. The Labute approximate surface area is 492 Å². The van der Waals surface area contributed by atoms with Crippen LogP contribution in [-0.2, 0) is 27.9 Å². The highest BCUT2D eigenvalue weighted by Crippen LogP contribution is 2.38. The van der Waals surface area contributed by atoms with Gasteiger partial charge in [-0.05, 0) is 96.0 Å². The van der Waals surface area contributed by atoms with E-state index in [0.717, 1.165) is 96.3 Å². The summed E-state index contributed by atoms with van der Waals surface area (Å²) in [5.74, 6) is -0.608. The molecular formula is C70H119N2O7P. The first-order valence-electron chi connectivity index (χ1n) is 32.1. The average molecular weight is 1130 g/mol. The number of phosphoric acid groups is 1. The molecule has 3 unspecified atom stereocenters. The Morgan fingerprint density at radius 3 is 1.35 bits per heavy atom. The number of quaternary nitrogens is 1. The molecule has 0 aromatic rings. The number of esters is 1. The predicted octanol–water partition coefficient (Wildman–Crippen LogP) is 19.4. The molecule has 456 valence electrons. The van der Waals surface area contributed by atoms with E-state index in [4.69, 9.17) is 13.8 Å². The molecule has 0 spiro atoms. The summed E-state index contributed by atoms with van der Waals surface area (Å²) in [5, 5.41) is 3.01. The van der Waals surface area contributed by atoms with Gasteiger partial charge in [-0.1, -0.05) is 270 Å². The Kier molecular flexibility index (Phi) is 55.5. The quantitative estimate of drug-likeness (QED) is 0.0161. The Hall–Kier alpha value is -3.85. The minimum Gasteiger partial charge on any atom is -0.756 e. The van der Waals surface area contributed by atoms with Gasteiger partial charge in [-0.25, -0.2) is 0 Å². The fraction of sp³-hybridized carbons (Fsp3) is 0.657. The van der Waals surface area contributed by atoms with Crippen LogP contribution in [-0.4, -0.2) is 69.4 Å². The van der Waals surface area contributed by atoms with Gasteiger partial charge >= 0.3 is 5.97 Å². The summed E-state index contributed by atoms with van der Waals surface area (Å²) in [5.41, 5.74) is 0. The van der Waals surface area contributed by atoms with E-state index in [1.807, 2.05) is 94.1 Å². The number of carbonyl (C=O) groups excluding carboxylic acids is 2. The van der Waals surface area contributed by atoms with Gasteiger partial charge in [0.15, 0.2) is 0 Å². The molecule has 0 heterocycles. The molecule has 0 bridgehead atoms. The zero-order valence-corrected chi connectivity index (χ0v) is 52.9. The number of phosphoric ester groups is 1. The minimum absolute atomic E-state index is 0.0388. The highest BCUT2D eigenvalue weighted by atomic mass is 31.2. The van der Waals surface area contributed by atoms with Crippen molar-refractivity contribution in [3.63, 3.8) is 0 Å². The smallest absolute Gasteiger partial charge is 0.306 e. The summed E-state index contributed by atoms with van der Waals surface area (Å²) in [6, 6.07) is -0.920. The van der Waals surface area contributed by atoms with E-state index in [1.165, 1.54) is 109 Å². The molecule has 0 aromatic heterocycles. The molecule has 80 heavy (non-hydrogen) atoms. The number of rotatable bonds is 56. The Morgan fingerprint density at radius 1 is 0.463 bits per heavy atom. The summed E-state index contributed by atoms with van der Waals surface area (Å²) in [7, 11) is 1.13. The van der Waals surface area contributed by atoms with Gasteiger partial charge < -0.3 is 28.5 Å². The van der Waals surface area contributed by atoms with Crippen molar-refractivity contribution in [3.05, 3.63) is 134 Å². The van der Waals surface area contributed by atoms with Gasteiger partial charge in [0.25, 0.3) is 7.82 Å². The summed E-state index contributed by atoms with van der Waals surface area (Å²) >= 11 is 0. The van der Waals surface area contributed by atoms with Crippen molar-refractivity contribution in [1.29, 1.82) is 0 Å². The van der Waals surface area contributed by atoms with E-state index in [1.54, 1.807) is 0 Å². The molecule has 0 fully saturated rings. The van der Waals surface area contributed by atoms with E-state index in [9.17, 15) is 19.0 Å². The van der Waals surface area contributed by atoms with Crippen molar-refractivity contribution in [2.45, 2.75) is 258 Å². The van der Waals surface area contributed by atoms with Crippen LogP contribution in [0.5, 0.6) is 0 Å². The van der Waals surface area contributed by atoms with Gasteiger partial charge in [-0.3, -0.25) is 14.2 Å². The number of likely N-dealkylation sites (N-methyl/N-ethyl adjacent to an activating group) is 1. The zero-order valence-electron chi connectivity index (χ0n) is 52.0. The van der Waals surface area contributed by atoms with Gasteiger partial charge in [0.1, 0.15) is 19.3 Å². The second kappa shape index (κ2) is 58.4. The minimum atomic E-state index is -4.72. The summed E-state index contributed by atoms with van der Waals surface area (Å²) in [6.45, 7) is 6.62. The van der Waals surface area contributed by atoms with E-state index < -0.39 is 26.6 Å². The topological polar surface area (TPSA) is 114 Å². The number of hydrogen-bond acceptors (Lipinski definition) is 7. The number of nitrogens with one attached hydrogen (secondary N) is 1. The SMILES string of the molecule is CC\C=C/C=C/C=C/C=C\C=C\C=C\CCCCCC(=O)OC(/C=C\CCCCCCCCCCCC)C(COP(=O)([O-])OCC[N+](C)(C)C)NC(=O)CCCCCCCCCCC/C=C\C/C=C\C/C=C\C/C=C\CCCCC. The molecule has 0 saturated heterocycles. The molecule has 0 aliphatic rings. The van der Waals surface area contributed by atoms with Crippen LogP contribution in [0.25, 0.3) is 0 Å². The molecule has 0 aliphatic heterocycles. The predicted molar refractivity (Wildman–Crippen MR) is 343 cm³/mol. The molecule has 0 aliphatic carbocycles. The number of carbonyl (C=O) groups is 2. The normalized spacial score (nSPS) is 14.5. The van der Waals surface area contributed by atoms with Gasteiger partial charge in [0.05, 0.1) is 33.8 Å². The van der Waals surface area contributed by atoms with Crippen molar-refractivity contribution >= 4 is 19.7 Å². The van der Waals surface area contributed by atoms with Crippen LogP contribution in [0, 0.1) is 0 Å². The highest BCUT2D eigenvalue weighted by molar-refractivity contribution is 7.45. The number of allylic oxidation sites excluding steroid dienone is 21. The molecule has 1 N–H and O–H groups in total. The number of unbranched alkanes of at least 4 members (excludes halogenated alkanes) is 25. The Balaban J connectivity index is 5.26. The van der Waals surface area contributed by atoms with Gasteiger partial charge in [-0.2, -0.15) is 0 Å². The van der Waals surface area contributed by atoms with Crippen LogP contribution < -0.4 is 10.2 Å². The van der Waals surface area contributed by atoms with Gasteiger partial charge in [0.2, 0.25) is 5.91 Å². The molecule has 0 radical (unpaired) electrons. The lowest BCUT2D eigenvalue weighted by molar-refractivity contribution is -0.870. The summed E-state index contributed by atoms with van der Waals surface area (Å²) in [6.07, 6.45) is 82.8. The zero-order chi connectivity index (χ0) is 58.6. The Morgan fingerprint density at radius 2 is 0.850 bits per heavy atom. The van der Waals surface area contributed by atoms with Gasteiger partial charge in [0, 0.05) is 12.8 Å². The highest BCUT2D eigenvalue weighted by Gasteiger charge is 2.27. The van der Waals surface area contributed by atoms with E-state index in [0.29, 0.717) is 23.9 Å². The van der Waals surface area contributed by atoms with Crippen LogP contribution >= 0.6 is 7.82 Å². The number of ether oxygens (including phenoxy) is 1. The fourth-order valence-electron chi connectivity index (χ4n) is 8.54. The molecule has 1 amide bonds. The molecule has 9 nitrogen and oxygen atoms in total. The van der Waals surface area contributed by atoms with Crippen molar-refractivity contribution in [1.82, 2.24) is 5.32 Å². The second-order valence-corrected chi connectivity index (χ2v) is 23.7. The first kappa shape index (κ1) is 76.1. The standard InChI is InChI=1S/C70H119N2O7P/c1-7-10-13-16-19-22-25-28-30-32-33-34-35-36-37-38-39-41-42-44-47-50-53-56-59-62-69(73)71-67(66-78-80(75,76)77-65-64-72(4,5)6)68(61-58-55-52-49-46-27-24-21-18-15-12-9-3)79-70(74)63-60-57-54-51-48-45-43-40-31-29-26-23-20-17-14-11-8-2/h11,14,17,19-20,22-23,26,28-31,33-34,36-37,40,43,45,48,58,61,67-68H,7-10,12-13,15-16,18,21,24-25,27,32,35,38-39,41-42,44,46-47,49-57,59-60,62-66H2,1-6H3,(H-,71,73,75,76)/b14-11-,20-17+,22-19-,26-23+,30-28-,31-29-,34-33-,37-36-,43-40+,48-45+,61-58-. The van der Waals surface area contributed by atoms with E-state index in [2.05, 4.69) is 86.8 Å². The van der Waals surface area contributed by atoms with E-state index in [-0.39, 0.29) is 24.9 Å². The lowest BCUT2D eigenvalue weighted by Gasteiger charge is -2.30. The molecule has 3 atom stereocenters. The average Bonchev–Trinajstić information content (AvgIpc) is 3.42. The maximum Gasteiger partial charge on any atom is 0.306 e. The number of nitrogens with zero attached hydrogens (tertiary/aromatic N) is 1. The first-order valence-corrected chi connectivity index (χ1v) is 33.5. The first-order chi connectivity index (χ1) is 38.9. The molecule has 0 saturated carbocycles. The third-order valence-corrected chi connectivity index (χ3v) is 14.4. The van der Waals surface area contributed by atoms with Gasteiger partial charge in [-0.15, -0.1) is 0 Å². The fourth-order valence-corrected chi connectivity index (χ4v) is 9.26. The summed E-state index contributed by atoms with van der Waals surface area (Å²) in [4.78, 5) is 40.0. The molecule has 0 aromatic carbocycles. The van der Waals surface area contributed by atoms with Crippen LogP contribution in [0.2, 0.25) is 0 Å². The summed E-state index contributed by atoms with van der Waals surface area (Å²) < 4.78 is 30.3. The number of hydrogen-bond donors (Lipinski definition) is 1. The third-order valence-electron chi connectivity index (χ3n) is 13.5. The lowest BCUT2D eigenvalue weighted by atomic mass is 10.0. The maximum absolute atomic E-state index is 13.6. The van der Waals surface area contributed by atoms with E-state index >= 15 is 0 Å².